The monoisotopic (exact) mass is 324 g/mol. The zero-order valence-corrected chi connectivity index (χ0v) is 13.4. The van der Waals surface area contributed by atoms with Crippen LogP contribution in [0.3, 0.4) is 0 Å². The van der Waals surface area contributed by atoms with E-state index in [0.29, 0.717) is 16.9 Å². The molecule has 0 radical (unpaired) electrons. The van der Waals surface area contributed by atoms with E-state index in [2.05, 4.69) is 0 Å². The Balaban J connectivity index is 2.35. The Morgan fingerprint density at radius 2 is 1.83 bits per heavy atom. The summed E-state index contributed by atoms with van der Waals surface area (Å²) in [5.41, 5.74) is 1.65. The van der Waals surface area contributed by atoms with Crippen LogP contribution in [0.25, 0.3) is 22.1 Å². The Labute approximate surface area is 138 Å². The van der Waals surface area contributed by atoms with E-state index < -0.39 is 11.6 Å². The second kappa shape index (κ2) is 6.58. The fourth-order valence-electron chi connectivity index (χ4n) is 2.66. The van der Waals surface area contributed by atoms with Crippen LogP contribution in [0, 0.1) is 0 Å². The van der Waals surface area contributed by atoms with Gasteiger partial charge in [0.1, 0.15) is 11.3 Å². The van der Waals surface area contributed by atoms with Crippen molar-refractivity contribution in [1.29, 1.82) is 0 Å². The predicted octanol–water partition coefficient (Wildman–Crippen LogP) is 3.18. The maximum atomic E-state index is 12.5. The van der Waals surface area contributed by atoms with Gasteiger partial charge in [-0.05, 0) is 17.7 Å². The summed E-state index contributed by atoms with van der Waals surface area (Å²) in [5, 5.41) is 0.737. The second-order valence-electron chi connectivity index (χ2n) is 5.22. The lowest BCUT2D eigenvalue weighted by molar-refractivity contribution is -0.139. The third-order valence-corrected chi connectivity index (χ3v) is 3.82. The minimum absolute atomic E-state index is 0.148. The number of carbonyl (C=O) groups is 1. The van der Waals surface area contributed by atoms with E-state index in [1.165, 1.54) is 7.11 Å². The molecule has 24 heavy (non-hydrogen) atoms. The number of hydrogen-bond acceptors (Lipinski definition) is 5. The summed E-state index contributed by atoms with van der Waals surface area (Å²) in [6, 6.07) is 14.7. The van der Waals surface area contributed by atoms with Gasteiger partial charge in [-0.25, -0.2) is 4.79 Å². The lowest BCUT2D eigenvalue weighted by atomic mass is 9.95. The molecule has 0 saturated carbocycles. The van der Waals surface area contributed by atoms with Crippen LogP contribution in [0.5, 0.6) is 5.75 Å². The van der Waals surface area contributed by atoms with E-state index in [-0.39, 0.29) is 12.0 Å². The minimum Gasteiger partial charge on any atom is -0.497 e. The van der Waals surface area contributed by atoms with E-state index in [1.54, 1.807) is 19.2 Å². The number of benzene rings is 2. The minimum atomic E-state index is -0.556. The van der Waals surface area contributed by atoms with Crippen molar-refractivity contribution in [2.24, 2.45) is 0 Å². The third kappa shape index (κ3) is 2.88. The van der Waals surface area contributed by atoms with Crippen molar-refractivity contribution in [1.82, 2.24) is 0 Å². The van der Waals surface area contributed by atoms with Gasteiger partial charge in [0.25, 0.3) is 0 Å². The molecule has 0 aliphatic rings. The molecule has 0 atom stereocenters. The molecule has 0 N–H and O–H groups in total. The van der Waals surface area contributed by atoms with Crippen molar-refractivity contribution in [3.63, 3.8) is 0 Å². The van der Waals surface area contributed by atoms with Crippen molar-refractivity contribution >= 4 is 16.9 Å². The number of rotatable bonds is 4. The number of carbonyl (C=O) groups excluding carboxylic acids is 1. The van der Waals surface area contributed by atoms with Gasteiger partial charge >= 0.3 is 11.6 Å². The van der Waals surface area contributed by atoms with Gasteiger partial charge in [-0.2, -0.15) is 0 Å². The summed E-state index contributed by atoms with van der Waals surface area (Å²) in [6.07, 6.45) is -0.148. The number of methoxy groups -OCH3 is 2. The number of hydrogen-bond donors (Lipinski definition) is 0. The molecular formula is C19H16O5. The first-order valence-corrected chi connectivity index (χ1v) is 7.40. The van der Waals surface area contributed by atoms with Gasteiger partial charge in [-0.1, -0.05) is 30.3 Å². The molecule has 1 aromatic heterocycles. The fraction of sp³-hybridized carbons (Fsp3) is 0.158. The van der Waals surface area contributed by atoms with Crippen LogP contribution in [-0.4, -0.2) is 20.2 Å². The fourth-order valence-corrected chi connectivity index (χ4v) is 2.66. The molecule has 0 fully saturated rings. The Morgan fingerprint density at radius 3 is 2.50 bits per heavy atom. The summed E-state index contributed by atoms with van der Waals surface area (Å²) in [6.45, 7) is 0. The predicted molar refractivity (Wildman–Crippen MR) is 90.2 cm³/mol. The van der Waals surface area contributed by atoms with Gasteiger partial charge in [0.05, 0.1) is 26.2 Å². The maximum absolute atomic E-state index is 12.5. The van der Waals surface area contributed by atoms with Gasteiger partial charge in [0.15, 0.2) is 0 Å². The first-order valence-electron chi connectivity index (χ1n) is 7.40. The Morgan fingerprint density at radius 1 is 1.08 bits per heavy atom. The Hall–Kier alpha value is -3.08. The number of esters is 1. The lowest BCUT2D eigenvalue weighted by Gasteiger charge is -2.12. The summed E-state index contributed by atoms with van der Waals surface area (Å²) >= 11 is 0. The molecule has 3 aromatic rings. The second-order valence-corrected chi connectivity index (χ2v) is 5.22. The summed E-state index contributed by atoms with van der Waals surface area (Å²) in [5.74, 6) is 0.0951. The number of ether oxygens (including phenoxy) is 2. The summed E-state index contributed by atoms with van der Waals surface area (Å²) in [7, 11) is 2.83. The van der Waals surface area contributed by atoms with Gasteiger partial charge in [-0.15, -0.1) is 0 Å². The van der Waals surface area contributed by atoms with Gasteiger partial charge < -0.3 is 13.9 Å². The molecule has 2 aromatic carbocycles. The highest BCUT2D eigenvalue weighted by molar-refractivity contribution is 5.96. The Bertz CT molecular complexity index is 941. The smallest absolute Gasteiger partial charge is 0.340 e. The SMILES string of the molecule is COC(=O)Cc1c(-c2ccccc2)c2ccc(OC)cc2oc1=O. The van der Waals surface area contributed by atoms with Crippen LogP contribution in [0.2, 0.25) is 0 Å². The maximum Gasteiger partial charge on any atom is 0.340 e. The molecule has 0 spiro atoms. The van der Waals surface area contributed by atoms with Crippen molar-refractivity contribution in [3.05, 3.63) is 64.5 Å². The average molecular weight is 324 g/mol. The van der Waals surface area contributed by atoms with E-state index >= 15 is 0 Å². The van der Waals surface area contributed by atoms with Crippen LogP contribution in [0.4, 0.5) is 0 Å². The molecular weight excluding hydrogens is 308 g/mol. The highest BCUT2D eigenvalue weighted by atomic mass is 16.5. The van der Waals surface area contributed by atoms with Gasteiger partial charge in [0.2, 0.25) is 0 Å². The molecule has 5 heteroatoms. The van der Waals surface area contributed by atoms with Crippen LogP contribution in [-0.2, 0) is 16.0 Å². The topological polar surface area (TPSA) is 65.7 Å². The van der Waals surface area contributed by atoms with E-state index in [0.717, 1.165) is 10.9 Å². The molecule has 0 aliphatic carbocycles. The van der Waals surface area contributed by atoms with E-state index in [4.69, 9.17) is 13.9 Å². The third-order valence-electron chi connectivity index (χ3n) is 3.82. The largest absolute Gasteiger partial charge is 0.497 e. The van der Waals surface area contributed by atoms with E-state index in [1.807, 2.05) is 36.4 Å². The molecule has 0 amide bonds. The molecule has 0 aliphatic heterocycles. The van der Waals surface area contributed by atoms with E-state index in [9.17, 15) is 9.59 Å². The normalized spacial score (nSPS) is 10.6. The Kier molecular flexibility index (Phi) is 4.33. The van der Waals surface area contributed by atoms with Crippen LogP contribution >= 0.6 is 0 Å². The molecule has 1 heterocycles. The standard InChI is InChI=1S/C19H16O5/c1-22-13-8-9-14-16(10-13)24-19(21)15(11-17(20)23-2)18(14)12-6-4-3-5-7-12/h3-10H,11H2,1-2H3. The van der Waals surface area contributed by atoms with Crippen molar-refractivity contribution in [2.45, 2.75) is 6.42 Å². The van der Waals surface area contributed by atoms with Crippen molar-refractivity contribution in [2.75, 3.05) is 14.2 Å². The molecule has 122 valence electrons. The average Bonchev–Trinajstić information content (AvgIpc) is 2.62. The molecule has 0 unspecified atom stereocenters. The van der Waals surface area contributed by atoms with Crippen LogP contribution < -0.4 is 10.4 Å². The van der Waals surface area contributed by atoms with Gasteiger partial charge in [0, 0.05) is 17.0 Å². The summed E-state index contributed by atoms with van der Waals surface area (Å²) < 4.78 is 15.3. The van der Waals surface area contributed by atoms with Crippen molar-refractivity contribution in [3.8, 4) is 16.9 Å². The lowest BCUT2D eigenvalue weighted by Crippen LogP contribution is -2.16. The quantitative estimate of drug-likeness (QED) is 0.545. The first kappa shape index (κ1) is 15.8. The zero-order chi connectivity index (χ0) is 17.1. The molecule has 0 saturated heterocycles. The molecule has 3 rings (SSSR count). The van der Waals surface area contributed by atoms with Crippen molar-refractivity contribution < 1.29 is 18.7 Å². The zero-order valence-electron chi connectivity index (χ0n) is 13.4. The molecule has 0 bridgehead atoms. The van der Waals surface area contributed by atoms with Crippen LogP contribution in [0.1, 0.15) is 5.56 Å². The van der Waals surface area contributed by atoms with Crippen LogP contribution in [0.15, 0.2) is 57.7 Å². The number of fused-ring (bicyclic) bond motifs is 1. The highest BCUT2D eigenvalue weighted by Crippen LogP contribution is 2.32. The first-order chi connectivity index (χ1) is 11.6. The molecule has 5 nitrogen and oxygen atoms in total. The van der Waals surface area contributed by atoms with Gasteiger partial charge in [-0.3, -0.25) is 4.79 Å². The summed E-state index contributed by atoms with van der Waals surface area (Å²) in [4.78, 5) is 24.2. The highest BCUT2D eigenvalue weighted by Gasteiger charge is 2.19.